The van der Waals surface area contributed by atoms with Crippen LogP contribution in [0.5, 0.6) is 5.75 Å². The Balaban J connectivity index is 2.51. The highest BCUT2D eigenvalue weighted by molar-refractivity contribution is 6.19. The molecule has 1 aromatic rings. The lowest BCUT2D eigenvalue weighted by atomic mass is 10.1. The third-order valence-electron chi connectivity index (χ3n) is 2.51. The van der Waals surface area contributed by atoms with Crippen molar-refractivity contribution in [2.75, 3.05) is 33.1 Å². The van der Waals surface area contributed by atoms with E-state index in [2.05, 4.69) is 30.8 Å². The van der Waals surface area contributed by atoms with Gasteiger partial charge in [-0.25, -0.2) is 0 Å². The molecule has 0 saturated carbocycles. The van der Waals surface area contributed by atoms with E-state index < -0.39 is 0 Å². The lowest BCUT2D eigenvalue weighted by Crippen LogP contribution is -2.15. The van der Waals surface area contributed by atoms with E-state index in [0.29, 0.717) is 5.88 Å². The van der Waals surface area contributed by atoms with Gasteiger partial charge in [-0.1, -0.05) is 11.8 Å². The summed E-state index contributed by atoms with van der Waals surface area (Å²) in [6.45, 7) is 3.81. The van der Waals surface area contributed by atoms with E-state index in [1.807, 2.05) is 25.1 Å². The van der Waals surface area contributed by atoms with Gasteiger partial charge in [-0.15, -0.1) is 11.6 Å². The minimum absolute atomic E-state index is 0.363. The smallest absolute Gasteiger partial charge is 0.119 e. The number of hydrogen-bond acceptors (Lipinski definition) is 2. The van der Waals surface area contributed by atoms with Crippen LogP contribution in [0.3, 0.4) is 0 Å². The standard InChI is InChI=1S/C15H20ClNO/c1-13-12-15(18-11-5-10-17(2)3)8-7-14(13)6-4-9-16/h7-8,12H,5,9-11H2,1-3H3. The van der Waals surface area contributed by atoms with Crippen molar-refractivity contribution in [3.05, 3.63) is 29.3 Å². The third-order valence-corrected chi connectivity index (χ3v) is 2.64. The molecule has 0 saturated heterocycles. The number of halogens is 1. The van der Waals surface area contributed by atoms with Gasteiger partial charge in [0.15, 0.2) is 0 Å². The molecular weight excluding hydrogens is 246 g/mol. The van der Waals surface area contributed by atoms with Crippen LogP contribution < -0.4 is 4.74 Å². The van der Waals surface area contributed by atoms with Gasteiger partial charge in [0.1, 0.15) is 5.75 Å². The second-order valence-corrected chi connectivity index (χ2v) is 4.68. The van der Waals surface area contributed by atoms with E-state index in [1.54, 1.807) is 0 Å². The van der Waals surface area contributed by atoms with Gasteiger partial charge in [-0.2, -0.15) is 0 Å². The van der Waals surface area contributed by atoms with Gasteiger partial charge in [-0.3, -0.25) is 0 Å². The fourth-order valence-electron chi connectivity index (χ4n) is 1.57. The lowest BCUT2D eigenvalue weighted by Gasteiger charge is -2.11. The Morgan fingerprint density at radius 1 is 1.33 bits per heavy atom. The summed E-state index contributed by atoms with van der Waals surface area (Å²) in [5.41, 5.74) is 2.13. The molecule has 0 spiro atoms. The van der Waals surface area contributed by atoms with E-state index in [0.717, 1.165) is 36.4 Å². The zero-order valence-electron chi connectivity index (χ0n) is 11.3. The summed E-state index contributed by atoms with van der Waals surface area (Å²) in [6, 6.07) is 5.96. The van der Waals surface area contributed by atoms with Crippen LogP contribution in [0, 0.1) is 18.8 Å². The normalized spacial score (nSPS) is 10.1. The number of aryl methyl sites for hydroxylation is 1. The summed E-state index contributed by atoms with van der Waals surface area (Å²) < 4.78 is 5.70. The third kappa shape index (κ3) is 5.44. The Hall–Kier alpha value is -1.17. The Kier molecular flexibility index (Phi) is 6.64. The minimum atomic E-state index is 0.363. The predicted molar refractivity (Wildman–Crippen MR) is 77.4 cm³/mol. The van der Waals surface area contributed by atoms with Gasteiger partial charge in [0.05, 0.1) is 12.5 Å². The maximum Gasteiger partial charge on any atom is 0.119 e. The zero-order chi connectivity index (χ0) is 13.4. The molecule has 98 valence electrons. The first-order valence-electron chi connectivity index (χ1n) is 6.06. The summed E-state index contributed by atoms with van der Waals surface area (Å²) in [5, 5.41) is 0. The van der Waals surface area contributed by atoms with E-state index in [1.165, 1.54) is 0 Å². The number of benzene rings is 1. The van der Waals surface area contributed by atoms with Crippen molar-refractivity contribution in [3.8, 4) is 17.6 Å². The fourth-order valence-corrected chi connectivity index (χ4v) is 1.63. The van der Waals surface area contributed by atoms with Gasteiger partial charge in [0.25, 0.3) is 0 Å². The van der Waals surface area contributed by atoms with E-state index in [9.17, 15) is 0 Å². The van der Waals surface area contributed by atoms with Gasteiger partial charge < -0.3 is 9.64 Å². The van der Waals surface area contributed by atoms with Crippen molar-refractivity contribution < 1.29 is 4.74 Å². The van der Waals surface area contributed by atoms with Crippen LogP contribution >= 0.6 is 11.6 Å². The minimum Gasteiger partial charge on any atom is -0.494 e. The molecule has 0 aromatic heterocycles. The number of nitrogens with zero attached hydrogens (tertiary/aromatic N) is 1. The van der Waals surface area contributed by atoms with Crippen molar-refractivity contribution >= 4 is 11.6 Å². The van der Waals surface area contributed by atoms with Gasteiger partial charge in [-0.05, 0) is 51.2 Å². The maximum atomic E-state index is 5.70. The molecule has 0 unspecified atom stereocenters. The van der Waals surface area contributed by atoms with Crippen LogP contribution in [0.2, 0.25) is 0 Å². The first-order valence-corrected chi connectivity index (χ1v) is 6.60. The van der Waals surface area contributed by atoms with E-state index in [4.69, 9.17) is 16.3 Å². The van der Waals surface area contributed by atoms with Crippen LogP contribution in [0.15, 0.2) is 18.2 Å². The molecule has 18 heavy (non-hydrogen) atoms. The highest BCUT2D eigenvalue weighted by Gasteiger charge is 1.99. The first-order chi connectivity index (χ1) is 8.63. The molecule has 0 bridgehead atoms. The predicted octanol–water partition coefficient (Wildman–Crippen LogP) is 2.92. The van der Waals surface area contributed by atoms with Crippen LogP contribution in [0.4, 0.5) is 0 Å². The molecule has 0 amide bonds. The molecule has 0 aliphatic heterocycles. The Morgan fingerprint density at radius 3 is 2.72 bits per heavy atom. The molecule has 0 radical (unpaired) electrons. The van der Waals surface area contributed by atoms with Gasteiger partial charge in [0.2, 0.25) is 0 Å². The van der Waals surface area contributed by atoms with Crippen molar-refractivity contribution in [2.24, 2.45) is 0 Å². The number of ether oxygens (including phenoxy) is 1. The maximum absolute atomic E-state index is 5.70. The van der Waals surface area contributed by atoms with Gasteiger partial charge in [0, 0.05) is 12.1 Å². The van der Waals surface area contributed by atoms with Crippen LogP contribution in [0.25, 0.3) is 0 Å². The zero-order valence-corrected chi connectivity index (χ0v) is 12.0. The average Bonchev–Trinajstić information content (AvgIpc) is 2.33. The highest BCUT2D eigenvalue weighted by Crippen LogP contribution is 2.16. The Labute approximate surface area is 115 Å². The summed E-state index contributed by atoms with van der Waals surface area (Å²) in [4.78, 5) is 2.15. The summed E-state index contributed by atoms with van der Waals surface area (Å²) in [5.74, 6) is 7.16. The SMILES string of the molecule is Cc1cc(OCCCN(C)C)ccc1C#CCCl. The van der Waals surface area contributed by atoms with Crippen LogP contribution in [0.1, 0.15) is 17.5 Å². The topological polar surface area (TPSA) is 12.5 Å². The number of rotatable bonds is 5. The number of hydrogen-bond donors (Lipinski definition) is 0. The molecule has 0 aliphatic carbocycles. The quantitative estimate of drug-likeness (QED) is 0.461. The molecule has 0 atom stereocenters. The molecule has 0 heterocycles. The van der Waals surface area contributed by atoms with Crippen molar-refractivity contribution in [2.45, 2.75) is 13.3 Å². The Morgan fingerprint density at radius 2 is 2.11 bits per heavy atom. The second-order valence-electron chi connectivity index (χ2n) is 4.42. The summed E-state index contributed by atoms with van der Waals surface area (Å²) in [6.07, 6.45) is 1.03. The number of alkyl halides is 1. The first kappa shape index (κ1) is 14.9. The molecule has 0 N–H and O–H groups in total. The Bertz CT molecular complexity index is 432. The second kappa shape index (κ2) is 8.02. The monoisotopic (exact) mass is 265 g/mol. The molecule has 1 rings (SSSR count). The molecule has 3 heteroatoms. The molecular formula is C15H20ClNO. The van der Waals surface area contributed by atoms with Crippen LogP contribution in [-0.2, 0) is 0 Å². The van der Waals surface area contributed by atoms with E-state index >= 15 is 0 Å². The molecule has 0 aliphatic rings. The van der Waals surface area contributed by atoms with Crippen molar-refractivity contribution in [1.82, 2.24) is 4.90 Å². The average molecular weight is 266 g/mol. The van der Waals surface area contributed by atoms with Crippen LogP contribution in [-0.4, -0.2) is 38.0 Å². The largest absolute Gasteiger partial charge is 0.494 e. The lowest BCUT2D eigenvalue weighted by molar-refractivity contribution is 0.281. The van der Waals surface area contributed by atoms with Gasteiger partial charge >= 0.3 is 0 Å². The van der Waals surface area contributed by atoms with Crippen molar-refractivity contribution in [1.29, 1.82) is 0 Å². The highest BCUT2D eigenvalue weighted by atomic mass is 35.5. The van der Waals surface area contributed by atoms with E-state index in [-0.39, 0.29) is 0 Å². The molecule has 2 nitrogen and oxygen atoms in total. The molecule has 1 aromatic carbocycles. The summed E-state index contributed by atoms with van der Waals surface area (Å²) >= 11 is 5.54. The summed E-state index contributed by atoms with van der Waals surface area (Å²) in [7, 11) is 4.13. The molecule has 0 fully saturated rings. The fraction of sp³-hybridized carbons (Fsp3) is 0.467. The van der Waals surface area contributed by atoms with Crippen molar-refractivity contribution in [3.63, 3.8) is 0 Å².